The van der Waals surface area contributed by atoms with Crippen LogP contribution in [0.15, 0.2) is 4.90 Å². The van der Waals surface area contributed by atoms with Gasteiger partial charge < -0.3 is 0 Å². The Kier molecular flexibility index (Phi) is 5.27. The molecule has 2 aromatic rings. The van der Waals surface area contributed by atoms with Crippen molar-refractivity contribution in [2.24, 2.45) is 5.92 Å². The average molecular weight is 357 g/mol. The van der Waals surface area contributed by atoms with Gasteiger partial charge in [0.05, 0.1) is 23.1 Å². The molecule has 1 atom stereocenters. The first kappa shape index (κ1) is 18.1. The van der Waals surface area contributed by atoms with Gasteiger partial charge >= 0.3 is 0 Å². The molecule has 0 aliphatic carbocycles. The predicted octanol–water partition coefficient (Wildman–Crippen LogP) is 3.17. The number of aryl methyl sites for hydroxylation is 4. The fourth-order valence-electron chi connectivity index (χ4n) is 2.50. The molecule has 0 amide bonds. The Hall–Kier alpha value is -1.25. The molecule has 128 valence electrons. The van der Waals surface area contributed by atoms with Crippen LogP contribution in [0.5, 0.6) is 0 Å². The molecular formula is C15H24N4O2S2. The zero-order valence-corrected chi connectivity index (χ0v) is 16.0. The Morgan fingerprint density at radius 3 is 2.26 bits per heavy atom. The van der Waals surface area contributed by atoms with Crippen LogP contribution in [0.4, 0.5) is 0 Å². The van der Waals surface area contributed by atoms with Crippen LogP contribution in [-0.4, -0.2) is 23.6 Å². The number of hydrogen-bond donors (Lipinski definition) is 2. The van der Waals surface area contributed by atoms with Crippen molar-refractivity contribution in [2.45, 2.75) is 58.9 Å². The summed E-state index contributed by atoms with van der Waals surface area (Å²) >= 11 is 1.55. The fraction of sp³-hybridized carbons (Fsp3) is 0.600. The van der Waals surface area contributed by atoms with E-state index in [1.807, 2.05) is 13.8 Å². The molecule has 0 radical (unpaired) electrons. The first-order valence-corrected chi connectivity index (χ1v) is 9.89. The molecule has 6 nitrogen and oxygen atoms in total. The minimum Gasteiger partial charge on any atom is -0.281 e. The molecule has 0 aromatic carbocycles. The van der Waals surface area contributed by atoms with Crippen molar-refractivity contribution in [3.63, 3.8) is 0 Å². The Bertz CT molecular complexity index is 752. The quantitative estimate of drug-likeness (QED) is 0.832. The van der Waals surface area contributed by atoms with Crippen molar-refractivity contribution >= 4 is 21.4 Å². The van der Waals surface area contributed by atoms with E-state index in [0.29, 0.717) is 23.7 Å². The van der Waals surface area contributed by atoms with Crippen LogP contribution < -0.4 is 4.72 Å². The van der Waals surface area contributed by atoms with Gasteiger partial charge in [0.2, 0.25) is 10.0 Å². The molecule has 8 heteroatoms. The molecular weight excluding hydrogens is 332 g/mol. The van der Waals surface area contributed by atoms with Gasteiger partial charge in [0.15, 0.2) is 0 Å². The summed E-state index contributed by atoms with van der Waals surface area (Å²) in [7, 11) is -3.65. The minimum atomic E-state index is -3.65. The maximum Gasteiger partial charge on any atom is 0.244 e. The summed E-state index contributed by atoms with van der Waals surface area (Å²) in [6.07, 6.45) is 0.696. The summed E-state index contributed by atoms with van der Waals surface area (Å²) in [5.74, 6) is 0.346. The third kappa shape index (κ3) is 3.99. The normalized spacial score (nSPS) is 13.7. The molecule has 0 fully saturated rings. The van der Waals surface area contributed by atoms with Gasteiger partial charge in [0.1, 0.15) is 9.90 Å². The third-order valence-electron chi connectivity index (χ3n) is 3.68. The molecule has 1 unspecified atom stereocenters. The van der Waals surface area contributed by atoms with E-state index in [2.05, 4.69) is 33.8 Å². The van der Waals surface area contributed by atoms with Crippen LogP contribution in [0.3, 0.4) is 0 Å². The number of nitrogens with one attached hydrogen (secondary N) is 2. The van der Waals surface area contributed by atoms with Gasteiger partial charge in [-0.1, -0.05) is 13.8 Å². The fourth-order valence-corrected chi connectivity index (χ4v) is 5.15. The topological polar surface area (TPSA) is 87.7 Å². The van der Waals surface area contributed by atoms with E-state index in [4.69, 9.17) is 0 Å². The summed E-state index contributed by atoms with van der Waals surface area (Å²) < 4.78 is 28.4. The van der Waals surface area contributed by atoms with Crippen LogP contribution >= 0.6 is 11.3 Å². The minimum absolute atomic E-state index is 0.233. The second-order valence-electron chi connectivity index (χ2n) is 6.26. The van der Waals surface area contributed by atoms with Crippen molar-refractivity contribution in [3.8, 4) is 0 Å². The number of hydrogen-bond acceptors (Lipinski definition) is 5. The summed E-state index contributed by atoms with van der Waals surface area (Å²) in [6.45, 7) is 11.5. The van der Waals surface area contributed by atoms with Gasteiger partial charge in [-0.15, -0.1) is 11.3 Å². The SMILES string of the molecule is Cc1nc(C(CC(C)C)NS(=O)(=O)c2c(C)n[nH]c2C)sc1C. The Morgan fingerprint density at radius 1 is 1.17 bits per heavy atom. The Balaban J connectivity index is 2.38. The lowest BCUT2D eigenvalue weighted by molar-refractivity contribution is 0.470. The van der Waals surface area contributed by atoms with Gasteiger partial charge in [-0.2, -0.15) is 5.10 Å². The van der Waals surface area contributed by atoms with Crippen molar-refractivity contribution in [1.82, 2.24) is 19.9 Å². The maximum atomic E-state index is 12.8. The van der Waals surface area contributed by atoms with Crippen LogP contribution in [0, 0.1) is 33.6 Å². The van der Waals surface area contributed by atoms with E-state index in [9.17, 15) is 8.42 Å². The zero-order valence-electron chi connectivity index (χ0n) is 14.4. The standard InChI is InChI=1S/C15H24N4O2S2/c1-8(2)7-13(15-16-9(3)12(6)22-15)19-23(20,21)14-10(4)17-18-11(14)5/h8,13,19H,7H2,1-6H3,(H,17,18). The molecule has 0 aliphatic rings. The predicted molar refractivity (Wildman–Crippen MR) is 92.2 cm³/mol. The van der Waals surface area contributed by atoms with Crippen molar-refractivity contribution < 1.29 is 8.42 Å². The summed E-state index contributed by atoms with van der Waals surface area (Å²) in [6, 6.07) is -0.328. The third-order valence-corrected chi connectivity index (χ3v) is 6.60. The van der Waals surface area contributed by atoms with E-state index >= 15 is 0 Å². The zero-order chi connectivity index (χ0) is 17.4. The monoisotopic (exact) mass is 356 g/mol. The number of aromatic amines is 1. The molecule has 23 heavy (non-hydrogen) atoms. The summed E-state index contributed by atoms with van der Waals surface area (Å²) in [5, 5.41) is 7.53. The first-order chi connectivity index (χ1) is 10.6. The Morgan fingerprint density at radius 2 is 1.83 bits per heavy atom. The molecule has 0 spiro atoms. The number of thiazole rings is 1. The van der Waals surface area contributed by atoms with E-state index in [1.54, 1.807) is 25.2 Å². The van der Waals surface area contributed by atoms with Crippen molar-refractivity contribution in [2.75, 3.05) is 0 Å². The van der Waals surface area contributed by atoms with Gasteiger partial charge in [-0.3, -0.25) is 5.10 Å². The number of aromatic nitrogens is 3. The number of sulfonamides is 1. The second kappa shape index (κ2) is 6.70. The van der Waals surface area contributed by atoms with Gasteiger partial charge in [-0.05, 0) is 40.0 Å². The van der Waals surface area contributed by atoms with Crippen LogP contribution in [0.2, 0.25) is 0 Å². The lowest BCUT2D eigenvalue weighted by Crippen LogP contribution is -2.30. The summed E-state index contributed by atoms with van der Waals surface area (Å²) in [4.78, 5) is 5.89. The van der Waals surface area contributed by atoms with Crippen molar-refractivity contribution in [3.05, 3.63) is 27.0 Å². The van der Waals surface area contributed by atoms with Crippen LogP contribution in [0.25, 0.3) is 0 Å². The van der Waals surface area contributed by atoms with Gasteiger partial charge in [0, 0.05) is 4.88 Å². The highest BCUT2D eigenvalue weighted by atomic mass is 32.2. The Labute approximate surface area is 141 Å². The molecule has 0 bridgehead atoms. The van der Waals surface area contributed by atoms with E-state index < -0.39 is 10.0 Å². The van der Waals surface area contributed by atoms with Crippen LogP contribution in [-0.2, 0) is 10.0 Å². The van der Waals surface area contributed by atoms with E-state index in [-0.39, 0.29) is 10.9 Å². The smallest absolute Gasteiger partial charge is 0.244 e. The molecule has 2 aromatic heterocycles. The van der Waals surface area contributed by atoms with E-state index in [0.717, 1.165) is 15.6 Å². The lowest BCUT2D eigenvalue weighted by atomic mass is 10.1. The maximum absolute atomic E-state index is 12.8. The second-order valence-corrected chi connectivity index (χ2v) is 9.15. The van der Waals surface area contributed by atoms with E-state index in [1.165, 1.54) is 0 Å². The average Bonchev–Trinajstić information content (AvgIpc) is 2.92. The molecule has 0 saturated heterocycles. The molecule has 2 heterocycles. The lowest BCUT2D eigenvalue weighted by Gasteiger charge is -2.18. The number of H-pyrrole nitrogens is 1. The first-order valence-electron chi connectivity index (χ1n) is 7.59. The largest absolute Gasteiger partial charge is 0.281 e. The highest BCUT2D eigenvalue weighted by molar-refractivity contribution is 7.89. The van der Waals surface area contributed by atoms with Crippen molar-refractivity contribution in [1.29, 1.82) is 0 Å². The number of nitrogens with zero attached hydrogens (tertiary/aromatic N) is 2. The molecule has 0 saturated carbocycles. The highest BCUT2D eigenvalue weighted by Crippen LogP contribution is 2.29. The van der Waals surface area contributed by atoms with Crippen LogP contribution in [0.1, 0.15) is 53.3 Å². The number of rotatable bonds is 6. The molecule has 0 aliphatic heterocycles. The summed E-state index contributed by atoms with van der Waals surface area (Å²) in [5.41, 5.74) is 1.98. The van der Waals surface area contributed by atoms with Gasteiger partial charge in [0.25, 0.3) is 0 Å². The molecule has 2 N–H and O–H groups in total. The molecule has 2 rings (SSSR count). The van der Waals surface area contributed by atoms with Gasteiger partial charge in [-0.25, -0.2) is 18.1 Å². The highest BCUT2D eigenvalue weighted by Gasteiger charge is 2.28.